The standard InChI is InChI=1S/C18H23NO3/c1-11(2)12-7-8-14-13(10-12)16(17(21)18(3,4)22-14)19-9-5-6-15(19)20/h7-8,10-11,16H,5-6,9H2,1-4H3. The molecule has 0 saturated carbocycles. The van der Waals surface area contributed by atoms with Crippen molar-refractivity contribution in [3.05, 3.63) is 29.3 Å². The lowest BCUT2D eigenvalue weighted by Crippen LogP contribution is -2.50. The highest BCUT2D eigenvalue weighted by Gasteiger charge is 2.47. The van der Waals surface area contributed by atoms with Crippen molar-refractivity contribution < 1.29 is 14.3 Å². The molecule has 4 heteroatoms. The van der Waals surface area contributed by atoms with Crippen LogP contribution >= 0.6 is 0 Å². The van der Waals surface area contributed by atoms with Gasteiger partial charge in [0.25, 0.3) is 0 Å². The van der Waals surface area contributed by atoms with Gasteiger partial charge in [-0.2, -0.15) is 0 Å². The lowest BCUT2D eigenvalue weighted by Gasteiger charge is -2.40. The molecule has 4 nitrogen and oxygen atoms in total. The third kappa shape index (κ3) is 2.31. The zero-order valence-electron chi connectivity index (χ0n) is 13.7. The Bertz CT molecular complexity index is 633. The van der Waals surface area contributed by atoms with Crippen molar-refractivity contribution in [3.63, 3.8) is 0 Å². The van der Waals surface area contributed by atoms with Crippen molar-refractivity contribution in [2.75, 3.05) is 6.54 Å². The molecule has 1 aromatic rings. The van der Waals surface area contributed by atoms with E-state index in [1.54, 1.807) is 18.7 Å². The Hall–Kier alpha value is -1.84. The summed E-state index contributed by atoms with van der Waals surface area (Å²) in [5.41, 5.74) is 1.09. The Morgan fingerprint density at radius 3 is 2.59 bits per heavy atom. The number of hydrogen-bond acceptors (Lipinski definition) is 3. The number of benzene rings is 1. The summed E-state index contributed by atoms with van der Waals surface area (Å²) < 4.78 is 5.90. The highest BCUT2D eigenvalue weighted by atomic mass is 16.5. The molecule has 3 rings (SSSR count). The second-order valence-corrected chi connectivity index (χ2v) is 7.02. The topological polar surface area (TPSA) is 46.6 Å². The van der Waals surface area contributed by atoms with Crippen LogP contribution in [-0.2, 0) is 9.59 Å². The maximum absolute atomic E-state index is 12.9. The van der Waals surface area contributed by atoms with Crippen molar-refractivity contribution in [1.82, 2.24) is 4.90 Å². The van der Waals surface area contributed by atoms with Gasteiger partial charge in [0.05, 0.1) is 0 Å². The zero-order chi connectivity index (χ0) is 16.1. The maximum atomic E-state index is 12.9. The fourth-order valence-electron chi connectivity index (χ4n) is 3.28. The number of nitrogens with zero attached hydrogens (tertiary/aromatic N) is 1. The number of amides is 1. The molecule has 1 aromatic carbocycles. The Kier molecular flexibility index (Phi) is 3.50. The molecule has 0 aliphatic carbocycles. The number of Topliss-reactive ketones (excluding diaryl/α,β-unsaturated/α-hetero) is 1. The fourth-order valence-corrected chi connectivity index (χ4v) is 3.28. The molecule has 1 amide bonds. The normalized spacial score (nSPS) is 23.7. The van der Waals surface area contributed by atoms with Gasteiger partial charge in [0.2, 0.25) is 11.7 Å². The molecule has 118 valence electrons. The summed E-state index contributed by atoms with van der Waals surface area (Å²) in [6.07, 6.45) is 1.35. The first-order chi connectivity index (χ1) is 10.3. The predicted octanol–water partition coefficient (Wildman–Crippen LogP) is 3.21. The van der Waals surface area contributed by atoms with Gasteiger partial charge in [0, 0.05) is 18.5 Å². The predicted molar refractivity (Wildman–Crippen MR) is 83.9 cm³/mol. The quantitative estimate of drug-likeness (QED) is 0.842. The van der Waals surface area contributed by atoms with E-state index in [1.807, 2.05) is 18.2 Å². The molecule has 1 atom stereocenters. The Morgan fingerprint density at radius 1 is 1.27 bits per heavy atom. The van der Waals surface area contributed by atoms with E-state index in [2.05, 4.69) is 13.8 Å². The number of fused-ring (bicyclic) bond motifs is 1. The van der Waals surface area contributed by atoms with Gasteiger partial charge >= 0.3 is 0 Å². The summed E-state index contributed by atoms with van der Waals surface area (Å²) in [4.78, 5) is 26.8. The van der Waals surface area contributed by atoms with Crippen LogP contribution in [0.4, 0.5) is 0 Å². The van der Waals surface area contributed by atoms with E-state index in [1.165, 1.54) is 0 Å². The van der Waals surface area contributed by atoms with Crippen LogP contribution in [-0.4, -0.2) is 28.7 Å². The lowest BCUT2D eigenvalue weighted by molar-refractivity contribution is -0.146. The van der Waals surface area contributed by atoms with Crippen LogP contribution in [0.25, 0.3) is 0 Å². The van der Waals surface area contributed by atoms with Crippen LogP contribution < -0.4 is 4.74 Å². The van der Waals surface area contributed by atoms with Crippen molar-refractivity contribution in [3.8, 4) is 5.75 Å². The van der Waals surface area contributed by atoms with Gasteiger partial charge in [0.1, 0.15) is 11.8 Å². The molecular formula is C18H23NO3. The van der Waals surface area contributed by atoms with Crippen molar-refractivity contribution >= 4 is 11.7 Å². The summed E-state index contributed by atoms with van der Waals surface area (Å²) >= 11 is 0. The Morgan fingerprint density at radius 2 is 2.00 bits per heavy atom. The van der Waals surface area contributed by atoms with Gasteiger partial charge in [-0.1, -0.05) is 19.9 Å². The van der Waals surface area contributed by atoms with Gasteiger partial charge in [-0.25, -0.2) is 0 Å². The molecule has 1 saturated heterocycles. The number of carbonyl (C=O) groups excluding carboxylic acids is 2. The number of rotatable bonds is 2. The molecule has 0 bridgehead atoms. The van der Waals surface area contributed by atoms with Crippen LogP contribution in [0.3, 0.4) is 0 Å². The first-order valence-corrected chi connectivity index (χ1v) is 7.98. The number of carbonyl (C=O) groups is 2. The summed E-state index contributed by atoms with van der Waals surface area (Å²) in [7, 11) is 0. The monoisotopic (exact) mass is 301 g/mol. The number of ether oxygens (including phenoxy) is 1. The van der Waals surface area contributed by atoms with E-state index < -0.39 is 11.6 Å². The minimum atomic E-state index is -0.903. The van der Waals surface area contributed by atoms with Crippen LogP contribution in [0.2, 0.25) is 0 Å². The molecule has 0 radical (unpaired) electrons. The van der Waals surface area contributed by atoms with E-state index >= 15 is 0 Å². The van der Waals surface area contributed by atoms with Crippen molar-refractivity contribution in [2.45, 2.75) is 58.1 Å². The molecule has 0 aromatic heterocycles. The first kappa shape index (κ1) is 15.1. The molecule has 2 aliphatic rings. The summed E-state index contributed by atoms with van der Waals surface area (Å²) in [6, 6.07) is 5.50. The van der Waals surface area contributed by atoms with Crippen LogP contribution in [0.1, 0.15) is 63.6 Å². The average molecular weight is 301 g/mol. The minimum absolute atomic E-state index is 0.0313. The van der Waals surface area contributed by atoms with Gasteiger partial charge < -0.3 is 9.64 Å². The average Bonchev–Trinajstić information content (AvgIpc) is 2.85. The third-order valence-electron chi connectivity index (χ3n) is 4.62. The van der Waals surface area contributed by atoms with Crippen molar-refractivity contribution in [1.29, 1.82) is 0 Å². The molecule has 0 spiro atoms. The SMILES string of the molecule is CC(C)c1ccc2c(c1)C(N1CCCC1=O)C(=O)C(C)(C)O2. The maximum Gasteiger partial charge on any atom is 0.223 e. The number of likely N-dealkylation sites (tertiary alicyclic amines) is 1. The smallest absolute Gasteiger partial charge is 0.223 e. The summed E-state index contributed by atoms with van der Waals surface area (Å²) in [5, 5.41) is 0. The zero-order valence-corrected chi connectivity index (χ0v) is 13.7. The molecule has 22 heavy (non-hydrogen) atoms. The van der Waals surface area contributed by atoms with E-state index in [0.717, 1.165) is 23.3 Å². The van der Waals surface area contributed by atoms with E-state index in [9.17, 15) is 9.59 Å². The lowest BCUT2D eigenvalue weighted by atomic mass is 9.85. The Balaban J connectivity index is 2.13. The highest BCUT2D eigenvalue weighted by molar-refractivity contribution is 5.97. The van der Waals surface area contributed by atoms with Gasteiger partial charge in [0.15, 0.2) is 5.60 Å². The largest absolute Gasteiger partial charge is 0.480 e. The molecule has 2 aliphatic heterocycles. The first-order valence-electron chi connectivity index (χ1n) is 7.98. The number of ketones is 1. The third-order valence-corrected chi connectivity index (χ3v) is 4.62. The second kappa shape index (κ2) is 5.11. The highest BCUT2D eigenvalue weighted by Crippen LogP contribution is 2.42. The number of hydrogen-bond donors (Lipinski definition) is 0. The van der Waals surface area contributed by atoms with Crippen LogP contribution in [0.5, 0.6) is 5.75 Å². The van der Waals surface area contributed by atoms with E-state index in [4.69, 9.17) is 4.74 Å². The van der Waals surface area contributed by atoms with E-state index in [-0.39, 0.29) is 11.7 Å². The molecule has 0 N–H and O–H groups in total. The van der Waals surface area contributed by atoms with Crippen LogP contribution in [0, 0.1) is 0 Å². The molecule has 1 unspecified atom stereocenters. The molecular weight excluding hydrogens is 278 g/mol. The molecule has 1 fully saturated rings. The van der Waals surface area contributed by atoms with Crippen molar-refractivity contribution in [2.24, 2.45) is 0 Å². The Labute approximate surface area is 131 Å². The van der Waals surface area contributed by atoms with Gasteiger partial charge in [-0.3, -0.25) is 9.59 Å². The summed E-state index contributed by atoms with van der Waals surface area (Å²) in [6.45, 7) is 8.45. The fraction of sp³-hybridized carbons (Fsp3) is 0.556. The van der Waals surface area contributed by atoms with Gasteiger partial charge in [-0.05, 0) is 43.9 Å². The molecule has 2 heterocycles. The minimum Gasteiger partial charge on any atom is -0.480 e. The van der Waals surface area contributed by atoms with Crippen LogP contribution in [0.15, 0.2) is 18.2 Å². The van der Waals surface area contributed by atoms with E-state index in [0.29, 0.717) is 18.9 Å². The van der Waals surface area contributed by atoms with Gasteiger partial charge in [-0.15, -0.1) is 0 Å². The summed E-state index contributed by atoms with van der Waals surface area (Å²) in [5.74, 6) is 1.12. The second-order valence-electron chi connectivity index (χ2n) is 7.02.